The number of nitrogens with one attached hydrogen (secondary N) is 3. The van der Waals surface area contributed by atoms with Crippen molar-refractivity contribution in [2.24, 2.45) is 0 Å². The number of hydrogen-bond donors (Lipinski definition) is 3. The molecule has 4 heterocycles. The molecule has 53 heavy (non-hydrogen) atoms. The number of rotatable bonds is 9. The van der Waals surface area contributed by atoms with Crippen LogP contribution in [-0.4, -0.2) is 66.9 Å². The Labute approximate surface area is 335 Å². The summed E-state index contributed by atoms with van der Waals surface area (Å²) in [6.07, 6.45) is 7.74. The zero-order valence-electron chi connectivity index (χ0n) is 30.6. The Morgan fingerprint density at radius 1 is 0.642 bits per heavy atom. The first-order chi connectivity index (χ1) is 25.4. The smallest absolute Gasteiger partial charge is 0.239 e. The molecule has 0 radical (unpaired) electrons. The third-order valence-corrected chi connectivity index (χ3v) is 12.1. The topological polar surface area (TPSA) is 108 Å². The molecule has 2 fully saturated rings. The molecule has 2 aromatic heterocycles. The molecule has 4 aromatic rings. The molecule has 284 valence electrons. The lowest BCUT2D eigenvalue weighted by Gasteiger charge is -2.25. The van der Waals surface area contributed by atoms with E-state index in [1.54, 1.807) is 48.5 Å². The van der Waals surface area contributed by atoms with Gasteiger partial charge in [0.15, 0.2) is 11.6 Å². The number of ketones is 2. The van der Waals surface area contributed by atoms with E-state index in [9.17, 15) is 19.2 Å². The van der Waals surface area contributed by atoms with Gasteiger partial charge in [0.25, 0.3) is 0 Å². The van der Waals surface area contributed by atoms with Gasteiger partial charge >= 0.3 is 0 Å². The normalized spacial score (nSPS) is 14.2. The summed E-state index contributed by atoms with van der Waals surface area (Å²) in [5.74, 6) is -0.763. The summed E-state index contributed by atoms with van der Waals surface area (Å²) in [4.78, 5) is 53.8. The predicted octanol–water partition coefficient (Wildman–Crippen LogP) is 9.86. The van der Waals surface area contributed by atoms with E-state index < -0.39 is 0 Å². The van der Waals surface area contributed by atoms with Gasteiger partial charge < -0.3 is 16.0 Å². The van der Waals surface area contributed by atoms with Crippen LogP contribution in [0.1, 0.15) is 91.2 Å². The minimum atomic E-state index is -0.330. The van der Waals surface area contributed by atoms with Crippen LogP contribution in [-0.2, 0) is 9.59 Å². The number of nitrogens with zero attached hydrogens (tertiary/aromatic N) is 1. The van der Waals surface area contributed by atoms with Crippen LogP contribution in [0.25, 0.3) is 0 Å². The first-order valence-electron chi connectivity index (χ1n) is 17.8. The van der Waals surface area contributed by atoms with Crippen LogP contribution < -0.4 is 16.0 Å². The second-order valence-electron chi connectivity index (χ2n) is 13.0. The van der Waals surface area contributed by atoms with Gasteiger partial charge in [-0.3, -0.25) is 24.1 Å². The summed E-state index contributed by atoms with van der Waals surface area (Å²) >= 11 is 20.1. The molecule has 0 bridgehead atoms. The Bertz CT molecular complexity index is 1850. The van der Waals surface area contributed by atoms with Gasteiger partial charge in [-0.05, 0) is 139 Å². The molecule has 0 aliphatic carbocycles. The molecule has 0 atom stereocenters. The molecular formula is C40H47Cl3N4O4S2. The quantitative estimate of drug-likeness (QED) is 0.115. The third kappa shape index (κ3) is 12.5. The van der Waals surface area contributed by atoms with E-state index in [-0.39, 0.29) is 29.3 Å². The molecule has 0 unspecified atom stereocenters. The number of carbonyl (C=O) groups is 4. The molecule has 8 nitrogen and oxygen atoms in total. The lowest BCUT2D eigenvalue weighted by atomic mass is 10.0. The molecule has 13 heteroatoms. The number of hydrogen-bond acceptors (Lipinski definition) is 8. The maximum absolute atomic E-state index is 13.0. The second kappa shape index (κ2) is 21.1. The number of likely N-dealkylation sites (tertiary alicyclic amines) is 1. The summed E-state index contributed by atoms with van der Waals surface area (Å²) in [6.45, 7) is 12.5. The van der Waals surface area contributed by atoms with Gasteiger partial charge in [-0.25, -0.2) is 0 Å². The van der Waals surface area contributed by atoms with Gasteiger partial charge in [0.1, 0.15) is 15.9 Å². The molecule has 0 saturated carbocycles. The Morgan fingerprint density at radius 2 is 1.06 bits per heavy atom. The Balaban J connectivity index is 0.000000207. The zero-order chi connectivity index (χ0) is 38.5. The Morgan fingerprint density at radius 3 is 1.43 bits per heavy atom. The first kappa shape index (κ1) is 42.6. The van der Waals surface area contributed by atoms with Crippen LogP contribution in [0, 0.1) is 27.7 Å². The van der Waals surface area contributed by atoms with Gasteiger partial charge in [0.2, 0.25) is 11.8 Å². The van der Waals surface area contributed by atoms with E-state index in [0.717, 1.165) is 46.8 Å². The van der Waals surface area contributed by atoms with Crippen molar-refractivity contribution in [3.63, 3.8) is 0 Å². The molecule has 2 aromatic carbocycles. The molecule has 2 saturated heterocycles. The molecular weight excluding hydrogens is 771 g/mol. The largest absolute Gasteiger partial charge is 0.317 e. The maximum atomic E-state index is 13.0. The molecule has 0 spiro atoms. The van der Waals surface area contributed by atoms with Crippen LogP contribution in [0.3, 0.4) is 0 Å². The van der Waals surface area contributed by atoms with Crippen molar-refractivity contribution in [3.05, 3.63) is 102 Å². The van der Waals surface area contributed by atoms with Crippen molar-refractivity contribution in [2.45, 2.75) is 66.2 Å². The number of aryl methyl sites for hydroxylation is 2. The lowest BCUT2D eigenvalue weighted by molar-refractivity contribution is -0.117. The van der Waals surface area contributed by atoms with Crippen molar-refractivity contribution in [1.82, 2.24) is 10.2 Å². The molecule has 6 rings (SSSR count). The molecule has 2 aliphatic heterocycles. The Hall–Kier alpha value is -3.09. The van der Waals surface area contributed by atoms with Gasteiger partial charge in [0.05, 0.1) is 17.7 Å². The number of anilines is 2. The summed E-state index contributed by atoms with van der Waals surface area (Å²) in [6, 6.07) is 13.5. The standard InChI is InChI=1S/C20H23ClN2O2S.C15H13Cl2NO2S.C5H11N/c1-13-14(2)26-20(22-17(24)12-23-10-4-3-5-11-23)18(13)19(25)15-6-8-16(21)9-7-15;1-8-9(2)21-15(18-12(19)7-16)13(8)14(20)10-3-5-11(17)6-4-10;1-2-4-6-5-3-1/h6-9H,3-5,10-12H2,1-2H3,(H,22,24);3-6H,7H2,1-2H3,(H,18,19);6H,1-5H2. The Kier molecular flexibility index (Phi) is 17.0. The lowest BCUT2D eigenvalue weighted by Crippen LogP contribution is -2.36. The van der Waals surface area contributed by atoms with Crippen molar-refractivity contribution < 1.29 is 19.2 Å². The zero-order valence-corrected chi connectivity index (χ0v) is 34.5. The van der Waals surface area contributed by atoms with E-state index in [4.69, 9.17) is 34.8 Å². The average Bonchev–Trinajstić information content (AvgIpc) is 3.60. The molecule has 2 aliphatic rings. The highest BCUT2D eigenvalue weighted by molar-refractivity contribution is 7.17. The number of amides is 2. The highest BCUT2D eigenvalue weighted by atomic mass is 35.5. The average molecular weight is 818 g/mol. The van der Waals surface area contributed by atoms with E-state index in [2.05, 4.69) is 20.9 Å². The highest BCUT2D eigenvalue weighted by Crippen LogP contribution is 2.35. The molecule has 3 N–H and O–H groups in total. The summed E-state index contributed by atoms with van der Waals surface area (Å²) in [7, 11) is 0. The number of carbonyl (C=O) groups excluding carboxylic acids is 4. The summed E-state index contributed by atoms with van der Waals surface area (Å²) in [5, 5.41) is 11.3. The van der Waals surface area contributed by atoms with Gasteiger partial charge in [0, 0.05) is 30.9 Å². The summed E-state index contributed by atoms with van der Waals surface area (Å²) in [5.41, 5.74) is 3.98. The van der Waals surface area contributed by atoms with Crippen LogP contribution in [0.2, 0.25) is 10.0 Å². The van der Waals surface area contributed by atoms with Crippen molar-refractivity contribution >= 4 is 90.9 Å². The van der Waals surface area contributed by atoms with E-state index >= 15 is 0 Å². The van der Waals surface area contributed by atoms with Gasteiger partial charge in [-0.1, -0.05) is 36.0 Å². The summed E-state index contributed by atoms with van der Waals surface area (Å²) < 4.78 is 0. The van der Waals surface area contributed by atoms with Crippen molar-refractivity contribution in [1.29, 1.82) is 0 Å². The number of alkyl halides is 1. The number of piperidine rings is 2. The second-order valence-corrected chi connectivity index (χ2v) is 16.6. The number of thiophene rings is 2. The van der Waals surface area contributed by atoms with Crippen LogP contribution in [0.5, 0.6) is 0 Å². The molecule has 2 amide bonds. The first-order valence-corrected chi connectivity index (χ1v) is 20.7. The van der Waals surface area contributed by atoms with E-state index in [1.807, 2.05) is 27.7 Å². The number of benzene rings is 2. The predicted molar refractivity (Wildman–Crippen MR) is 222 cm³/mol. The minimum absolute atomic E-state index is 0.0571. The highest BCUT2D eigenvalue weighted by Gasteiger charge is 2.24. The van der Waals surface area contributed by atoms with Crippen LogP contribution in [0.15, 0.2) is 48.5 Å². The van der Waals surface area contributed by atoms with E-state index in [0.29, 0.717) is 48.8 Å². The van der Waals surface area contributed by atoms with Crippen LogP contribution in [0.4, 0.5) is 10.0 Å². The fourth-order valence-corrected chi connectivity index (χ4v) is 8.38. The fourth-order valence-electron chi connectivity index (χ4n) is 5.92. The monoisotopic (exact) mass is 816 g/mol. The maximum Gasteiger partial charge on any atom is 0.239 e. The number of halogens is 3. The SMILES string of the molecule is C1CCNCC1.Cc1sc(NC(=O)CCl)c(C(=O)c2ccc(Cl)cc2)c1C.Cc1sc(NC(=O)CN2CCCCC2)c(C(=O)c2ccc(Cl)cc2)c1C. The van der Waals surface area contributed by atoms with Gasteiger partial charge in [-0.2, -0.15) is 0 Å². The van der Waals surface area contributed by atoms with E-state index in [1.165, 1.54) is 61.4 Å². The fraction of sp³-hybridized carbons (Fsp3) is 0.400. The van der Waals surface area contributed by atoms with Crippen molar-refractivity contribution in [2.75, 3.05) is 49.2 Å². The van der Waals surface area contributed by atoms with Gasteiger partial charge in [-0.15, -0.1) is 34.3 Å². The van der Waals surface area contributed by atoms with Crippen molar-refractivity contribution in [3.8, 4) is 0 Å². The third-order valence-electron chi connectivity index (χ3n) is 9.09. The minimum Gasteiger partial charge on any atom is -0.317 e. The van der Waals surface area contributed by atoms with Crippen LogP contribution >= 0.6 is 57.5 Å².